The molecule has 0 unspecified atom stereocenters. The van der Waals surface area contributed by atoms with Crippen LogP contribution in [0.25, 0.3) is 10.9 Å². The van der Waals surface area contributed by atoms with Gasteiger partial charge in [0.2, 0.25) is 5.91 Å². The predicted octanol–water partition coefficient (Wildman–Crippen LogP) is -1.47. The van der Waals surface area contributed by atoms with Gasteiger partial charge in [0.15, 0.2) is 0 Å². The molecule has 0 aliphatic carbocycles. The van der Waals surface area contributed by atoms with Crippen LogP contribution in [0.2, 0.25) is 0 Å². The average molecular weight is 301 g/mol. The van der Waals surface area contributed by atoms with Gasteiger partial charge >= 0.3 is 0 Å². The molecule has 3 rings (SSSR count). The van der Waals surface area contributed by atoms with Crippen LogP contribution in [-0.2, 0) is 16.1 Å². The quantitative estimate of drug-likeness (QED) is 0.685. The van der Waals surface area contributed by atoms with E-state index in [1.165, 1.54) is 4.90 Å². The summed E-state index contributed by atoms with van der Waals surface area (Å²) >= 11 is 0. The Morgan fingerprint density at radius 3 is 2.86 bits per heavy atom. The van der Waals surface area contributed by atoms with Gasteiger partial charge in [-0.15, -0.1) is 5.10 Å². The van der Waals surface area contributed by atoms with Crippen LogP contribution in [-0.4, -0.2) is 44.4 Å². The molecular formula is C14H13N4O4-. The molecule has 114 valence electrons. The first-order valence-electron chi connectivity index (χ1n) is 6.91. The lowest BCUT2D eigenvalue weighted by molar-refractivity contribution is -0.310. The molecule has 1 aromatic heterocycles. The summed E-state index contributed by atoms with van der Waals surface area (Å²) in [5, 5.41) is 19.0. The first-order valence-corrected chi connectivity index (χ1v) is 6.91. The summed E-state index contributed by atoms with van der Waals surface area (Å²) in [6, 6.07) is 5.76. The minimum Gasteiger partial charge on any atom is -0.548 e. The number of benzene rings is 1. The molecule has 0 saturated carbocycles. The molecule has 8 heteroatoms. The normalized spacial score (nSPS) is 17.8. The number of rotatable bonds is 3. The first kappa shape index (κ1) is 14.2. The summed E-state index contributed by atoms with van der Waals surface area (Å²) in [6.07, 6.45) is 0.967. The second kappa shape index (κ2) is 5.55. The van der Waals surface area contributed by atoms with Crippen molar-refractivity contribution in [2.24, 2.45) is 0 Å². The molecular weight excluding hydrogens is 288 g/mol. The lowest BCUT2D eigenvalue weighted by Crippen LogP contribution is -2.48. The van der Waals surface area contributed by atoms with Crippen LogP contribution in [0.4, 0.5) is 0 Å². The summed E-state index contributed by atoms with van der Waals surface area (Å²) in [4.78, 5) is 36.7. The van der Waals surface area contributed by atoms with Crippen LogP contribution in [0.15, 0.2) is 29.1 Å². The average Bonchev–Trinajstić information content (AvgIpc) is 3.00. The maximum atomic E-state index is 12.3. The van der Waals surface area contributed by atoms with Gasteiger partial charge in [0.1, 0.15) is 12.1 Å². The van der Waals surface area contributed by atoms with Gasteiger partial charge in [0.25, 0.3) is 5.56 Å². The fourth-order valence-corrected chi connectivity index (χ4v) is 2.66. The summed E-state index contributed by atoms with van der Waals surface area (Å²) in [5.74, 6) is -1.75. The molecule has 0 bridgehead atoms. The zero-order valence-electron chi connectivity index (χ0n) is 11.6. The molecule has 1 saturated heterocycles. The minimum atomic E-state index is -1.28. The number of amides is 1. The van der Waals surface area contributed by atoms with Crippen LogP contribution >= 0.6 is 0 Å². The van der Waals surface area contributed by atoms with Crippen molar-refractivity contribution >= 4 is 22.8 Å². The summed E-state index contributed by atoms with van der Waals surface area (Å²) in [5.41, 5.74) is 0.0214. The topological polar surface area (TPSA) is 108 Å². The van der Waals surface area contributed by atoms with E-state index >= 15 is 0 Å². The number of hydrogen-bond donors (Lipinski definition) is 0. The molecule has 0 spiro atoms. The van der Waals surface area contributed by atoms with E-state index in [-0.39, 0.29) is 6.54 Å². The van der Waals surface area contributed by atoms with Gasteiger partial charge < -0.3 is 14.8 Å². The molecule has 1 aliphatic heterocycles. The Bertz CT molecular complexity index is 801. The van der Waals surface area contributed by atoms with Crippen molar-refractivity contribution in [2.75, 3.05) is 6.54 Å². The molecule has 0 N–H and O–H groups in total. The van der Waals surface area contributed by atoms with Crippen LogP contribution in [0.3, 0.4) is 0 Å². The second-order valence-corrected chi connectivity index (χ2v) is 5.13. The number of carboxylic acids is 1. The highest BCUT2D eigenvalue weighted by Gasteiger charge is 2.29. The highest BCUT2D eigenvalue weighted by Crippen LogP contribution is 2.17. The molecule has 8 nitrogen and oxygen atoms in total. The number of nitrogens with zero attached hydrogens (tertiary/aromatic N) is 4. The van der Waals surface area contributed by atoms with Crippen LogP contribution < -0.4 is 10.7 Å². The van der Waals surface area contributed by atoms with Gasteiger partial charge in [-0.1, -0.05) is 17.3 Å². The van der Waals surface area contributed by atoms with E-state index in [1.807, 2.05) is 0 Å². The first-order chi connectivity index (χ1) is 10.6. The molecule has 1 aromatic carbocycles. The molecule has 2 aromatic rings. The number of aromatic nitrogens is 3. The Labute approximate surface area is 125 Å². The van der Waals surface area contributed by atoms with Crippen LogP contribution in [0, 0.1) is 0 Å². The Kier molecular flexibility index (Phi) is 3.58. The van der Waals surface area contributed by atoms with E-state index in [4.69, 9.17) is 0 Å². The van der Waals surface area contributed by atoms with E-state index in [1.54, 1.807) is 24.3 Å². The van der Waals surface area contributed by atoms with Crippen LogP contribution in [0.1, 0.15) is 12.8 Å². The largest absolute Gasteiger partial charge is 0.548 e. The fraction of sp³-hybridized carbons (Fsp3) is 0.357. The van der Waals surface area contributed by atoms with Gasteiger partial charge in [-0.05, 0) is 25.0 Å². The molecule has 2 heterocycles. The van der Waals surface area contributed by atoms with Crippen molar-refractivity contribution in [1.29, 1.82) is 0 Å². The standard InChI is InChI=1S/C14H14N4O4/c19-12(17-7-3-6-11(17)14(21)22)8-18-13(20)9-4-1-2-5-10(9)15-16-18/h1-2,4-5,11H,3,6-8H2,(H,21,22)/p-1/t11-/m0/s1. The highest BCUT2D eigenvalue weighted by atomic mass is 16.4. The van der Waals surface area contributed by atoms with Crippen molar-refractivity contribution in [3.05, 3.63) is 34.6 Å². The number of carbonyl (C=O) groups excluding carboxylic acids is 2. The summed E-state index contributed by atoms with van der Waals surface area (Å²) < 4.78 is 0.954. The third-order valence-corrected chi connectivity index (χ3v) is 3.76. The Morgan fingerprint density at radius 2 is 2.09 bits per heavy atom. The third kappa shape index (κ3) is 2.43. The van der Waals surface area contributed by atoms with Gasteiger partial charge in [0.05, 0.1) is 17.4 Å². The van der Waals surface area contributed by atoms with Crippen molar-refractivity contribution in [2.45, 2.75) is 25.4 Å². The van der Waals surface area contributed by atoms with Crippen molar-refractivity contribution in [3.63, 3.8) is 0 Å². The van der Waals surface area contributed by atoms with E-state index in [9.17, 15) is 19.5 Å². The Hall–Kier alpha value is -2.77. The third-order valence-electron chi connectivity index (χ3n) is 3.76. The molecule has 1 amide bonds. The van der Waals surface area contributed by atoms with Crippen molar-refractivity contribution in [3.8, 4) is 0 Å². The maximum absolute atomic E-state index is 12.3. The molecule has 22 heavy (non-hydrogen) atoms. The molecule has 1 fully saturated rings. The number of fused-ring (bicyclic) bond motifs is 1. The van der Waals surface area contributed by atoms with Crippen LogP contribution in [0.5, 0.6) is 0 Å². The van der Waals surface area contributed by atoms with Crippen molar-refractivity contribution in [1.82, 2.24) is 19.9 Å². The maximum Gasteiger partial charge on any atom is 0.278 e. The predicted molar refractivity (Wildman–Crippen MR) is 73.5 cm³/mol. The minimum absolute atomic E-state index is 0.333. The van der Waals surface area contributed by atoms with Gasteiger partial charge in [-0.25, -0.2) is 4.68 Å². The second-order valence-electron chi connectivity index (χ2n) is 5.13. The van der Waals surface area contributed by atoms with Crippen molar-refractivity contribution < 1.29 is 14.7 Å². The Morgan fingerprint density at radius 1 is 1.32 bits per heavy atom. The fourth-order valence-electron chi connectivity index (χ4n) is 2.66. The summed E-state index contributed by atoms with van der Waals surface area (Å²) in [7, 11) is 0. The van der Waals surface area contributed by atoms with E-state index < -0.39 is 23.5 Å². The number of likely N-dealkylation sites (tertiary alicyclic amines) is 1. The number of aliphatic carboxylic acids is 1. The Balaban J connectivity index is 1.87. The molecule has 1 aliphatic rings. The van der Waals surface area contributed by atoms with E-state index in [2.05, 4.69) is 10.3 Å². The van der Waals surface area contributed by atoms with E-state index in [0.717, 1.165) is 4.68 Å². The SMILES string of the molecule is O=C([O-])[C@@H]1CCCN1C(=O)Cn1nnc2ccccc2c1=O. The van der Waals surface area contributed by atoms with Gasteiger partial charge in [0, 0.05) is 6.54 Å². The monoisotopic (exact) mass is 301 g/mol. The lowest BCUT2D eigenvalue weighted by Gasteiger charge is -2.25. The zero-order chi connectivity index (χ0) is 15.7. The zero-order valence-corrected chi connectivity index (χ0v) is 11.6. The van der Waals surface area contributed by atoms with Gasteiger partial charge in [-0.3, -0.25) is 9.59 Å². The summed E-state index contributed by atoms with van der Waals surface area (Å²) in [6.45, 7) is 0.00763. The molecule has 0 radical (unpaired) electrons. The lowest BCUT2D eigenvalue weighted by atomic mass is 10.2. The highest BCUT2D eigenvalue weighted by molar-refractivity contribution is 5.83. The number of hydrogen-bond acceptors (Lipinski definition) is 6. The molecule has 1 atom stereocenters. The van der Waals surface area contributed by atoms with E-state index in [0.29, 0.717) is 30.3 Å². The smallest absolute Gasteiger partial charge is 0.278 e. The number of carboxylic acid groups (broad SMARTS) is 1. The number of carbonyl (C=O) groups is 2. The van der Waals surface area contributed by atoms with Gasteiger partial charge in [-0.2, -0.15) is 0 Å².